The topological polar surface area (TPSA) is 204 Å². The predicted octanol–water partition coefficient (Wildman–Crippen LogP) is 7.68. The number of aryl methyl sites for hydroxylation is 1. The molecular formula is C40H60F3N6O9P. The molecule has 0 spiro atoms. The van der Waals surface area contributed by atoms with Crippen LogP contribution < -0.4 is 0 Å². The molecule has 3 N–H and O–H groups in total. The Kier molecular flexibility index (Phi) is 20.0. The number of unbranched alkanes of at least 4 members (excludes halogenated alkanes) is 15. The van der Waals surface area contributed by atoms with Gasteiger partial charge in [-0.25, -0.2) is 24.0 Å². The van der Waals surface area contributed by atoms with E-state index >= 15 is 0 Å². The van der Waals surface area contributed by atoms with Gasteiger partial charge in [0, 0.05) is 24.6 Å². The van der Waals surface area contributed by atoms with Crippen molar-refractivity contribution in [3.8, 4) is 6.07 Å². The number of aliphatic hydroxyl groups excluding tert-OH is 2. The molecule has 1 aliphatic heterocycles. The largest absolute Gasteiger partial charge is 0.472 e. The van der Waals surface area contributed by atoms with Crippen molar-refractivity contribution in [2.45, 2.75) is 159 Å². The van der Waals surface area contributed by atoms with Crippen LogP contribution in [0.1, 0.15) is 132 Å². The van der Waals surface area contributed by atoms with E-state index in [1.54, 1.807) is 13.0 Å². The molecule has 0 bridgehead atoms. The van der Waals surface area contributed by atoms with Gasteiger partial charge in [-0.1, -0.05) is 103 Å². The number of nitriles is 1. The van der Waals surface area contributed by atoms with E-state index in [9.17, 15) is 38.1 Å². The second kappa shape index (κ2) is 24.4. The summed E-state index contributed by atoms with van der Waals surface area (Å²) in [5, 5.41) is 36.1. The van der Waals surface area contributed by atoms with E-state index in [-0.39, 0.29) is 24.5 Å². The molecule has 4 rings (SSSR count). The number of alkyl halides is 3. The molecule has 15 nitrogen and oxygen atoms in total. The van der Waals surface area contributed by atoms with Crippen LogP contribution in [0.2, 0.25) is 0 Å². The van der Waals surface area contributed by atoms with Gasteiger partial charge in [0.15, 0.2) is 0 Å². The Hall–Kier alpha value is -3.11. The van der Waals surface area contributed by atoms with Crippen molar-refractivity contribution < 1.29 is 56.1 Å². The zero-order valence-electron chi connectivity index (χ0n) is 34.1. The number of ether oxygens (including phenoxy) is 3. The smallest absolute Gasteiger partial charge is 0.387 e. The zero-order chi connectivity index (χ0) is 42.7. The quantitative estimate of drug-likeness (QED) is 0.0453. The molecule has 1 unspecified atom stereocenters. The maximum absolute atomic E-state index is 13.0. The van der Waals surface area contributed by atoms with Gasteiger partial charge in [0.05, 0.1) is 43.3 Å². The van der Waals surface area contributed by atoms with Crippen molar-refractivity contribution in [1.29, 1.82) is 5.26 Å². The third-order valence-corrected chi connectivity index (χ3v) is 11.3. The first-order valence-corrected chi connectivity index (χ1v) is 22.2. The summed E-state index contributed by atoms with van der Waals surface area (Å²) in [4.78, 5) is 21.3. The van der Waals surface area contributed by atoms with Gasteiger partial charge in [-0.3, -0.25) is 9.05 Å². The number of rotatable bonds is 29. The highest BCUT2D eigenvalue weighted by Crippen LogP contribution is 2.46. The Morgan fingerprint density at radius 3 is 2.08 bits per heavy atom. The second-order valence-electron chi connectivity index (χ2n) is 15.1. The molecule has 19 heteroatoms. The number of hydrogen-bond acceptors (Lipinski definition) is 13. The van der Waals surface area contributed by atoms with E-state index in [0.717, 1.165) is 38.1 Å². The highest BCUT2D eigenvalue weighted by molar-refractivity contribution is 7.47. The second-order valence-corrected chi connectivity index (χ2v) is 16.5. The fraction of sp³-hybridized carbons (Fsp3) is 0.725. The minimum atomic E-state index is -4.87. The molecule has 4 heterocycles. The van der Waals surface area contributed by atoms with Crippen LogP contribution in [-0.2, 0) is 46.2 Å². The summed E-state index contributed by atoms with van der Waals surface area (Å²) in [6.07, 6.45) is 12.3. The van der Waals surface area contributed by atoms with Gasteiger partial charge in [0.1, 0.15) is 36.8 Å². The van der Waals surface area contributed by atoms with Gasteiger partial charge in [0.25, 0.3) is 0 Å². The van der Waals surface area contributed by atoms with Crippen molar-refractivity contribution in [1.82, 2.24) is 24.6 Å². The Balaban J connectivity index is 1.20. The first-order chi connectivity index (χ1) is 28.3. The minimum Gasteiger partial charge on any atom is -0.387 e. The fourth-order valence-corrected chi connectivity index (χ4v) is 7.70. The molecule has 0 aromatic carbocycles. The molecule has 0 aliphatic carbocycles. The SMILES string of the molecule is CCCCCCCCCCCCCCCCCCOC[C@H](COP(=O)(O)OC[C@H]1O[C@@](C#N)(c2ccc3c(C)ncnn23)[C@H](O)[C@@H]1O)OCc1cnc(C(F)(F)F)nc1. The van der Waals surface area contributed by atoms with Gasteiger partial charge in [-0.15, -0.1) is 0 Å². The average molecular weight is 857 g/mol. The number of halogens is 3. The van der Waals surface area contributed by atoms with Gasteiger partial charge >= 0.3 is 14.0 Å². The lowest BCUT2D eigenvalue weighted by Gasteiger charge is -2.24. The van der Waals surface area contributed by atoms with E-state index in [0.29, 0.717) is 17.8 Å². The van der Waals surface area contributed by atoms with Gasteiger partial charge in [0.2, 0.25) is 11.4 Å². The number of phosphoric acid groups is 1. The van der Waals surface area contributed by atoms with Gasteiger partial charge in [-0.2, -0.15) is 23.5 Å². The Morgan fingerprint density at radius 1 is 0.915 bits per heavy atom. The molecule has 59 heavy (non-hydrogen) atoms. The van der Waals surface area contributed by atoms with Gasteiger partial charge < -0.3 is 29.3 Å². The van der Waals surface area contributed by atoms with E-state index in [1.807, 2.05) is 6.07 Å². The standard InChI is InChI=1S/C40H60F3N6O9P/c1-3-4-5-6-7-8-9-10-11-12-13-14-15-16-17-18-21-54-25-32(55-24-31-22-45-38(46-23-31)40(41,42)43)26-56-59(52,53)57-27-34-36(50)37(51)39(28-44,58-34)35-20-19-33-30(2)47-29-48-49(33)35/h19-20,22-23,29,32,34,36-37,50-51H,3-18,21,24-27H2,1-2H3,(H,52,53)/t32-,34-,36-,37-,39+/m1/s1. The first kappa shape index (κ1) is 48.6. The fourth-order valence-electron chi connectivity index (χ4n) is 6.94. The number of fused-ring (bicyclic) bond motifs is 1. The van der Waals surface area contributed by atoms with E-state index in [1.165, 1.54) is 94.0 Å². The molecule has 0 saturated carbocycles. The Labute approximate surface area is 344 Å². The molecule has 3 aromatic rings. The maximum atomic E-state index is 13.0. The average Bonchev–Trinajstić information content (AvgIpc) is 3.76. The number of hydrogen-bond donors (Lipinski definition) is 3. The summed E-state index contributed by atoms with van der Waals surface area (Å²) in [6.45, 7) is 2.75. The van der Waals surface area contributed by atoms with Crippen LogP contribution in [0.15, 0.2) is 30.9 Å². The van der Waals surface area contributed by atoms with Crippen LogP contribution in [0.5, 0.6) is 0 Å². The van der Waals surface area contributed by atoms with Crippen molar-refractivity contribution >= 4 is 13.3 Å². The number of aromatic nitrogens is 5. The van der Waals surface area contributed by atoms with Crippen LogP contribution in [0.3, 0.4) is 0 Å². The highest BCUT2D eigenvalue weighted by Gasteiger charge is 2.58. The third kappa shape index (κ3) is 15.1. The summed E-state index contributed by atoms with van der Waals surface area (Å²) in [5.74, 6) is -1.30. The highest BCUT2D eigenvalue weighted by atomic mass is 31.2. The minimum absolute atomic E-state index is 0.0735. The Morgan fingerprint density at radius 2 is 1.51 bits per heavy atom. The molecule has 0 amide bonds. The zero-order valence-corrected chi connectivity index (χ0v) is 35.0. The molecule has 0 radical (unpaired) electrons. The Bertz CT molecular complexity index is 1770. The number of phosphoric ester groups is 1. The van der Waals surface area contributed by atoms with Crippen LogP contribution >= 0.6 is 7.82 Å². The third-order valence-electron chi connectivity index (χ3n) is 10.4. The van der Waals surface area contributed by atoms with Gasteiger partial charge in [-0.05, 0) is 25.5 Å². The summed E-state index contributed by atoms with van der Waals surface area (Å²) >= 11 is 0. The van der Waals surface area contributed by atoms with Crippen molar-refractivity contribution in [3.05, 3.63) is 53.6 Å². The summed E-state index contributed by atoms with van der Waals surface area (Å²) < 4.78 is 80.8. The van der Waals surface area contributed by atoms with Crippen molar-refractivity contribution in [2.75, 3.05) is 26.4 Å². The lowest BCUT2D eigenvalue weighted by atomic mass is 9.92. The summed E-state index contributed by atoms with van der Waals surface area (Å²) in [5.41, 5.74) is -0.658. The van der Waals surface area contributed by atoms with Crippen LogP contribution in [0.25, 0.3) is 5.52 Å². The number of aliphatic hydroxyl groups is 2. The monoisotopic (exact) mass is 856 g/mol. The molecule has 3 aromatic heterocycles. The predicted molar refractivity (Wildman–Crippen MR) is 210 cm³/mol. The molecule has 1 fully saturated rings. The van der Waals surface area contributed by atoms with E-state index in [2.05, 4.69) is 27.0 Å². The van der Waals surface area contributed by atoms with Crippen molar-refractivity contribution in [2.24, 2.45) is 0 Å². The van der Waals surface area contributed by atoms with E-state index in [4.69, 9.17) is 23.3 Å². The lowest BCUT2D eigenvalue weighted by molar-refractivity contribution is -0.145. The van der Waals surface area contributed by atoms with Crippen LogP contribution in [-0.4, -0.2) is 90.5 Å². The van der Waals surface area contributed by atoms with Crippen molar-refractivity contribution in [3.63, 3.8) is 0 Å². The normalized spacial score (nSPS) is 21.2. The molecule has 6 atom stereocenters. The lowest BCUT2D eigenvalue weighted by Crippen LogP contribution is -2.41. The molecular weight excluding hydrogens is 796 g/mol. The molecule has 330 valence electrons. The maximum Gasteiger partial charge on any atom is 0.472 e. The van der Waals surface area contributed by atoms with Crippen LogP contribution in [0.4, 0.5) is 13.2 Å². The molecule has 1 saturated heterocycles. The molecule has 1 aliphatic rings. The summed E-state index contributed by atoms with van der Waals surface area (Å²) in [7, 11) is -4.87. The summed E-state index contributed by atoms with van der Waals surface area (Å²) in [6, 6.07) is 5.03. The number of nitrogens with zero attached hydrogens (tertiary/aromatic N) is 6. The van der Waals surface area contributed by atoms with E-state index < -0.39 is 63.1 Å². The first-order valence-electron chi connectivity index (χ1n) is 20.8. The van der Waals surface area contributed by atoms with Crippen LogP contribution in [0, 0.1) is 18.3 Å².